The average Bonchev–Trinajstić information content (AvgIpc) is 2.57. The zero-order valence-electron chi connectivity index (χ0n) is 12.1. The van der Waals surface area contributed by atoms with Gasteiger partial charge in [-0.2, -0.15) is 10.5 Å². The molecule has 0 amide bonds. The topological polar surface area (TPSA) is 76.8 Å². The standard InChI is InChI=1S/C18H16N4/c19-11-17(21)18(12-20)22(13-15-7-3-1-4-8-15)14-16-9-5-2-6-10-16/h1-10H,13-14,21H2/b18-17-. The number of nitrogens with zero attached hydrogens (tertiary/aromatic N) is 3. The van der Waals surface area contributed by atoms with Crippen molar-refractivity contribution < 1.29 is 0 Å². The monoisotopic (exact) mass is 288 g/mol. The molecule has 4 nitrogen and oxygen atoms in total. The Morgan fingerprint density at radius 3 is 1.64 bits per heavy atom. The Labute approximate surface area is 130 Å². The third-order valence-electron chi connectivity index (χ3n) is 3.23. The Morgan fingerprint density at radius 1 is 0.818 bits per heavy atom. The molecular formula is C18H16N4. The van der Waals surface area contributed by atoms with Crippen LogP contribution in [-0.2, 0) is 13.1 Å². The number of allylic oxidation sites excluding steroid dienone is 2. The van der Waals surface area contributed by atoms with Gasteiger partial charge in [0.1, 0.15) is 17.8 Å². The van der Waals surface area contributed by atoms with Gasteiger partial charge in [-0.05, 0) is 11.1 Å². The van der Waals surface area contributed by atoms with Gasteiger partial charge in [0, 0.05) is 13.1 Å². The quantitative estimate of drug-likeness (QED) is 0.858. The second kappa shape index (κ2) is 7.52. The molecule has 0 bridgehead atoms. The molecule has 0 spiro atoms. The molecule has 0 aromatic heterocycles. The van der Waals surface area contributed by atoms with Crippen molar-refractivity contribution in [3.05, 3.63) is 83.2 Å². The Balaban J connectivity index is 2.33. The van der Waals surface area contributed by atoms with Crippen LogP contribution in [0.25, 0.3) is 0 Å². The first kappa shape index (κ1) is 15.2. The van der Waals surface area contributed by atoms with Crippen LogP contribution in [0.3, 0.4) is 0 Å². The molecule has 0 saturated heterocycles. The van der Waals surface area contributed by atoms with Crippen molar-refractivity contribution in [3.8, 4) is 12.1 Å². The summed E-state index contributed by atoms with van der Waals surface area (Å²) >= 11 is 0. The molecule has 0 atom stereocenters. The minimum absolute atomic E-state index is 0.0608. The highest BCUT2D eigenvalue weighted by molar-refractivity contribution is 5.34. The lowest BCUT2D eigenvalue weighted by atomic mass is 10.1. The number of hydrogen-bond donors (Lipinski definition) is 1. The van der Waals surface area contributed by atoms with Gasteiger partial charge >= 0.3 is 0 Å². The van der Waals surface area contributed by atoms with Crippen molar-refractivity contribution in [2.24, 2.45) is 5.73 Å². The van der Waals surface area contributed by atoms with E-state index in [1.54, 1.807) is 0 Å². The summed E-state index contributed by atoms with van der Waals surface area (Å²) in [5, 5.41) is 18.4. The van der Waals surface area contributed by atoms with Crippen LogP contribution >= 0.6 is 0 Å². The van der Waals surface area contributed by atoms with Crippen molar-refractivity contribution in [2.45, 2.75) is 13.1 Å². The fourth-order valence-electron chi connectivity index (χ4n) is 2.18. The average molecular weight is 288 g/mol. The highest BCUT2D eigenvalue weighted by Crippen LogP contribution is 2.16. The van der Waals surface area contributed by atoms with Gasteiger partial charge in [0.25, 0.3) is 0 Å². The van der Waals surface area contributed by atoms with E-state index in [1.165, 1.54) is 0 Å². The molecule has 2 aromatic rings. The van der Waals surface area contributed by atoms with E-state index >= 15 is 0 Å². The number of rotatable bonds is 5. The van der Waals surface area contributed by atoms with E-state index in [-0.39, 0.29) is 11.4 Å². The van der Waals surface area contributed by atoms with Gasteiger partial charge in [-0.25, -0.2) is 0 Å². The molecule has 108 valence electrons. The van der Waals surface area contributed by atoms with Crippen LogP contribution in [0, 0.1) is 22.7 Å². The SMILES string of the molecule is N#C/C(N)=C(\C#N)N(Cc1ccccc1)Cc1ccccc1. The zero-order valence-corrected chi connectivity index (χ0v) is 12.1. The summed E-state index contributed by atoms with van der Waals surface area (Å²) in [6.45, 7) is 1.03. The minimum Gasteiger partial charge on any atom is -0.388 e. The van der Waals surface area contributed by atoms with Crippen molar-refractivity contribution in [2.75, 3.05) is 0 Å². The molecule has 0 aliphatic carbocycles. The number of hydrogen-bond acceptors (Lipinski definition) is 4. The minimum atomic E-state index is -0.0608. The van der Waals surface area contributed by atoms with Gasteiger partial charge in [0.2, 0.25) is 0 Å². The second-order valence-electron chi connectivity index (χ2n) is 4.81. The van der Waals surface area contributed by atoms with E-state index in [2.05, 4.69) is 6.07 Å². The Morgan fingerprint density at radius 2 is 1.27 bits per heavy atom. The first-order chi connectivity index (χ1) is 10.7. The second-order valence-corrected chi connectivity index (χ2v) is 4.81. The van der Waals surface area contributed by atoms with Gasteiger partial charge in [0.05, 0.1) is 0 Å². The number of nitriles is 2. The highest BCUT2D eigenvalue weighted by Gasteiger charge is 2.14. The van der Waals surface area contributed by atoms with Crippen LogP contribution in [0.2, 0.25) is 0 Å². The Hall–Kier alpha value is -3.24. The maximum atomic E-state index is 9.37. The summed E-state index contributed by atoms with van der Waals surface area (Å²) in [6.07, 6.45) is 0. The van der Waals surface area contributed by atoms with Crippen LogP contribution in [0.4, 0.5) is 0 Å². The predicted octanol–water partition coefficient (Wildman–Crippen LogP) is 2.91. The summed E-state index contributed by atoms with van der Waals surface area (Å²) in [5.41, 5.74) is 7.94. The molecule has 2 N–H and O–H groups in total. The van der Waals surface area contributed by atoms with Crippen molar-refractivity contribution in [1.29, 1.82) is 10.5 Å². The predicted molar refractivity (Wildman–Crippen MR) is 84.6 cm³/mol. The first-order valence-electron chi connectivity index (χ1n) is 6.87. The van der Waals surface area contributed by atoms with Crippen molar-refractivity contribution in [3.63, 3.8) is 0 Å². The molecule has 0 heterocycles. The van der Waals surface area contributed by atoms with Crippen LogP contribution in [0.15, 0.2) is 72.1 Å². The normalized spacial score (nSPS) is 11.0. The van der Waals surface area contributed by atoms with E-state index in [1.807, 2.05) is 71.6 Å². The maximum Gasteiger partial charge on any atom is 0.151 e. The van der Waals surface area contributed by atoms with Crippen molar-refractivity contribution in [1.82, 2.24) is 4.90 Å². The number of nitrogens with two attached hydrogens (primary N) is 1. The van der Waals surface area contributed by atoms with E-state index in [4.69, 9.17) is 11.0 Å². The van der Waals surface area contributed by atoms with Crippen LogP contribution in [-0.4, -0.2) is 4.90 Å². The van der Waals surface area contributed by atoms with E-state index < -0.39 is 0 Å². The molecule has 2 rings (SSSR count). The van der Waals surface area contributed by atoms with Crippen LogP contribution in [0.1, 0.15) is 11.1 Å². The fraction of sp³-hybridized carbons (Fsp3) is 0.111. The third kappa shape index (κ3) is 3.88. The summed E-state index contributed by atoms with van der Waals surface area (Å²) in [6, 6.07) is 23.5. The molecule has 2 aromatic carbocycles. The van der Waals surface area contributed by atoms with Crippen LogP contribution in [0.5, 0.6) is 0 Å². The van der Waals surface area contributed by atoms with E-state index in [9.17, 15) is 5.26 Å². The lowest BCUT2D eigenvalue weighted by Gasteiger charge is -2.24. The van der Waals surface area contributed by atoms with Gasteiger partial charge < -0.3 is 10.6 Å². The lowest BCUT2D eigenvalue weighted by molar-refractivity contribution is 0.339. The third-order valence-corrected chi connectivity index (χ3v) is 3.23. The van der Waals surface area contributed by atoms with E-state index in [0.717, 1.165) is 11.1 Å². The largest absolute Gasteiger partial charge is 0.388 e. The first-order valence-corrected chi connectivity index (χ1v) is 6.87. The zero-order chi connectivity index (χ0) is 15.8. The molecule has 0 aliphatic rings. The lowest BCUT2D eigenvalue weighted by Crippen LogP contribution is -2.24. The Bertz CT molecular complexity index is 680. The molecule has 22 heavy (non-hydrogen) atoms. The maximum absolute atomic E-state index is 9.37. The molecule has 0 radical (unpaired) electrons. The van der Waals surface area contributed by atoms with Crippen LogP contribution < -0.4 is 5.73 Å². The highest BCUT2D eigenvalue weighted by atomic mass is 15.1. The fourth-order valence-corrected chi connectivity index (χ4v) is 2.18. The molecular weight excluding hydrogens is 272 g/mol. The van der Waals surface area contributed by atoms with E-state index in [0.29, 0.717) is 13.1 Å². The molecule has 0 fully saturated rings. The summed E-state index contributed by atoms with van der Waals surface area (Å²) in [7, 11) is 0. The summed E-state index contributed by atoms with van der Waals surface area (Å²) < 4.78 is 0. The smallest absolute Gasteiger partial charge is 0.151 e. The number of benzene rings is 2. The molecule has 0 saturated carbocycles. The van der Waals surface area contributed by atoms with Gasteiger partial charge in [0.15, 0.2) is 5.70 Å². The van der Waals surface area contributed by atoms with Gasteiger partial charge in [-0.15, -0.1) is 0 Å². The van der Waals surface area contributed by atoms with Gasteiger partial charge in [-0.1, -0.05) is 60.7 Å². The summed E-state index contributed by atoms with van der Waals surface area (Å²) in [5.74, 6) is 0. The molecule has 0 aliphatic heterocycles. The van der Waals surface area contributed by atoms with Gasteiger partial charge in [-0.3, -0.25) is 0 Å². The molecule has 0 unspecified atom stereocenters. The summed E-state index contributed by atoms with van der Waals surface area (Å²) in [4.78, 5) is 1.82. The van der Waals surface area contributed by atoms with Crippen molar-refractivity contribution >= 4 is 0 Å². The molecule has 4 heteroatoms. The Kier molecular flexibility index (Phi) is 5.18.